The van der Waals surface area contributed by atoms with Crippen LogP contribution < -0.4 is 9.80 Å². The smallest absolute Gasteiger partial charge is 0.0984 e. The van der Waals surface area contributed by atoms with E-state index in [1.54, 1.807) is 0 Å². The summed E-state index contributed by atoms with van der Waals surface area (Å²) in [5.74, 6) is 1.88. The molecule has 6 rings (SSSR count). The number of rotatable bonds is 12. The Morgan fingerprint density at radius 3 is 1.32 bits per heavy atom. The fourth-order valence-electron chi connectivity index (χ4n) is 4.52. The fourth-order valence-corrected chi connectivity index (χ4v) is 4.52. The maximum atomic E-state index is 5.45. The molecule has 2 aromatic carbocycles. The molecule has 2 saturated heterocycles. The zero-order chi connectivity index (χ0) is 20.6. The number of hydrogen-bond donors (Lipinski definition) is 0. The highest BCUT2D eigenvalue weighted by Gasteiger charge is 2.31. The van der Waals surface area contributed by atoms with E-state index in [9.17, 15) is 0 Å². The molecule has 164 valence electrons. The zero-order valence-corrected chi connectivity index (χ0v) is 18.4. The Bertz CT molecular complexity index is 764. The first-order chi connectivity index (χ1) is 15.3. The largest absolute Gasteiger partial charge is 0.371 e. The van der Waals surface area contributed by atoms with Gasteiger partial charge in [0.15, 0.2) is 0 Å². The third kappa shape index (κ3) is 5.61. The van der Waals surface area contributed by atoms with Crippen LogP contribution in [0.2, 0.25) is 0 Å². The van der Waals surface area contributed by atoms with Crippen molar-refractivity contribution in [2.75, 3.05) is 49.2 Å². The van der Waals surface area contributed by atoms with Gasteiger partial charge in [-0.2, -0.15) is 0 Å². The van der Waals surface area contributed by atoms with E-state index in [-0.39, 0.29) is 0 Å². The zero-order valence-electron chi connectivity index (χ0n) is 18.4. The second kappa shape index (κ2) is 8.48. The summed E-state index contributed by atoms with van der Waals surface area (Å²) in [7, 11) is 0. The third-order valence-corrected chi connectivity index (χ3v) is 7.02. The van der Waals surface area contributed by atoms with Crippen molar-refractivity contribution in [2.24, 2.45) is 11.8 Å². The van der Waals surface area contributed by atoms with Gasteiger partial charge >= 0.3 is 0 Å². The summed E-state index contributed by atoms with van der Waals surface area (Å²) in [5, 5.41) is 0. The van der Waals surface area contributed by atoms with Crippen LogP contribution in [-0.2, 0) is 15.9 Å². The molecule has 2 aliphatic carbocycles. The summed E-state index contributed by atoms with van der Waals surface area (Å²) in [5.41, 5.74) is 5.46. The van der Waals surface area contributed by atoms with Gasteiger partial charge in [-0.05, 0) is 79.3 Å². The molecule has 2 heterocycles. The molecule has 4 heteroatoms. The van der Waals surface area contributed by atoms with Crippen molar-refractivity contribution in [1.29, 1.82) is 0 Å². The molecule has 0 amide bonds. The third-order valence-electron chi connectivity index (χ3n) is 7.02. The lowest BCUT2D eigenvalue weighted by Crippen LogP contribution is -2.31. The lowest BCUT2D eigenvalue weighted by Gasteiger charge is -2.25. The molecule has 0 spiro atoms. The Labute approximate surface area is 186 Å². The van der Waals surface area contributed by atoms with Crippen molar-refractivity contribution in [3.63, 3.8) is 0 Å². The van der Waals surface area contributed by atoms with Crippen LogP contribution in [0.3, 0.4) is 0 Å². The molecular weight excluding hydrogens is 384 g/mol. The van der Waals surface area contributed by atoms with Gasteiger partial charge in [0.1, 0.15) is 0 Å². The van der Waals surface area contributed by atoms with Crippen LogP contribution in [0.25, 0.3) is 0 Å². The topological polar surface area (TPSA) is 31.5 Å². The molecule has 4 fully saturated rings. The SMILES string of the molecule is c1cc(N(CC2CC2)CC2CC2)ccc1Cc1ccc(N(CC2CO2)CC2CO2)cc1. The number of hydrogen-bond acceptors (Lipinski definition) is 4. The second-order valence-corrected chi connectivity index (χ2v) is 10.1. The summed E-state index contributed by atoms with van der Waals surface area (Å²) in [6.45, 7) is 6.25. The maximum Gasteiger partial charge on any atom is 0.0984 e. The van der Waals surface area contributed by atoms with Gasteiger partial charge in [-0.25, -0.2) is 0 Å². The lowest BCUT2D eigenvalue weighted by molar-refractivity contribution is 0.389. The van der Waals surface area contributed by atoms with Crippen molar-refractivity contribution in [3.8, 4) is 0 Å². The van der Waals surface area contributed by atoms with Crippen LogP contribution in [0.15, 0.2) is 48.5 Å². The monoisotopic (exact) mass is 418 g/mol. The van der Waals surface area contributed by atoms with Crippen LogP contribution in [0.1, 0.15) is 36.8 Å². The molecule has 4 aliphatic rings. The first-order valence-electron chi connectivity index (χ1n) is 12.2. The number of epoxide rings is 2. The molecule has 2 aliphatic heterocycles. The van der Waals surface area contributed by atoms with Gasteiger partial charge in [-0.1, -0.05) is 24.3 Å². The predicted molar refractivity (Wildman–Crippen MR) is 125 cm³/mol. The van der Waals surface area contributed by atoms with Crippen molar-refractivity contribution >= 4 is 11.4 Å². The minimum absolute atomic E-state index is 0.399. The molecule has 4 nitrogen and oxygen atoms in total. The number of ether oxygens (including phenoxy) is 2. The molecule has 0 N–H and O–H groups in total. The van der Waals surface area contributed by atoms with Gasteiger partial charge in [0, 0.05) is 37.6 Å². The average molecular weight is 419 g/mol. The summed E-state index contributed by atoms with van der Waals surface area (Å²) >= 11 is 0. The highest BCUT2D eigenvalue weighted by Crippen LogP contribution is 2.36. The van der Waals surface area contributed by atoms with Crippen molar-refractivity contribution in [3.05, 3.63) is 59.7 Å². The molecule has 31 heavy (non-hydrogen) atoms. The normalized spacial score (nSPS) is 24.1. The Hall–Kier alpha value is -2.04. The lowest BCUT2D eigenvalue weighted by atomic mass is 10.0. The second-order valence-electron chi connectivity index (χ2n) is 10.1. The van der Waals surface area contributed by atoms with Gasteiger partial charge < -0.3 is 19.3 Å². The Balaban J connectivity index is 1.08. The van der Waals surface area contributed by atoms with E-state index in [1.165, 1.54) is 61.3 Å². The molecule has 2 atom stereocenters. The van der Waals surface area contributed by atoms with Gasteiger partial charge in [0.05, 0.1) is 25.4 Å². The van der Waals surface area contributed by atoms with E-state index in [2.05, 4.69) is 58.3 Å². The van der Waals surface area contributed by atoms with Gasteiger partial charge in [0.2, 0.25) is 0 Å². The summed E-state index contributed by atoms with van der Waals surface area (Å²) < 4.78 is 10.9. The molecule has 0 bridgehead atoms. The van der Waals surface area contributed by atoms with Gasteiger partial charge in [-0.15, -0.1) is 0 Å². The van der Waals surface area contributed by atoms with E-state index in [1.807, 2.05) is 0 Å². The Kier molecular flexibility index (Phi) is 5.37. The van der Waals surface area contributed by atoms with E-state index in [0.717, 1.165) is 44.6 Å². The highest BCUT2D eigenvalue weighted by molar-refractivity contribution is 5.51. The molecule has 2 saturated carbocycles. The van der Waals surface area contributed by atoms with E-state index < -0.39 is 0 Å². The fraction of sp³-hybridized carbons (Fsp3) is 0.556. The van der Waals surface area contributed by atoms with Crippen LogP contribution in [-0.4, -0.2) is 51.6 Å². The molecule has 0 aromatic heterocycles. The quantitative estimate of drug-likeness (QED) is 0.475. The first kappa shape index (κ1) is 19.6. The minimum atomic E-state index is 0.399. The van der Waals surface area contributed by atoms with Crippen LogP contribution >= 0.6 is 0 Å². The van der Waals surface area contributed by atoms with Crippen LogP contribution in [0, 0.1) is 11.8 Å². The van der Waals surface area contributed by atoms with Crippen LogP contribution in [0.4, 0.5) is 11.4 Å². The summed E-state index contributed by atoms with van der Waals surface area (Å²) in [6, 6.07) is 18.5. The van der Waals surface area contributed by atoms with E-state index in [4.69, 9.17) is 9.47 Å². The van der Waals surface area contributed by atoms with E-state index >= 15 is 0 Å². The Morgan fingerprint density at radius 1 is 0.581 bits per heavy atom. The molecule has 0 radical (unpaired) electrons. The molecule has 2 unspecified atom stereocenters. The van der Waals surface area contributed by atoms with Crippen molar-refractivity contribution < 1.29 is 9.47 Å². The highest BCUT2D eigenvalue weighted by atomic mass is 16.6. The van der Waals surface area contributed by atoms with Gasteiger partial charge in [0.25, 0.3) is 0 Å². The van der Waals surface area contributed by atoms with Gasteiger partial charge in [-0.3, -0.25) is 0 Å². The summed E-state index contributed by atoms with van der Waals surface area (Å²) in [6.07, 6.45) is 7.49. The Morgan fingerprint density at radius 2 is 0.968 bits per heavy atom. The molecular formula is C27H34N2O2. The minimum Gasteiger partial charge on any atom is -0.371 e. The number of benzene rings is 2. The molecule has 2 aromatic rings. The van der Waals surface area contributed by atoms with E-state index in [0.29, 0.717) is 12.2 Å². The predicted octanol–water partition coefficient (Wildman–Crippen LogP) is 4.51. The van der Waals surface area contributed by atoms with Crippen molar-refractivity contribution in [2.45, 2.75) is 44.3 Å². The van der Waals surface area contributed by atoms with Crippen molar-refractivity contribution in [1.82, 2.24) is 0 Å². The number of nitrogens with zero attached hydrogens (tertiary/aromatic N) is 2. The average Bonchev–Trinajstić information content (AvgIpc) is 3.63. The number of anilines is 2. The van der Waals surface area contributed by atoms with Crippen LogP contribution in [0.5, 0.6) is 0 Å². The first-order valence-corrected chi connectivity index (χ1v) is 12.2. The standard InChI is InChI=1S/C27H34N2O2/c1-2-22(1)14-28(15-23-3-4-23)24-9-5-20(6-10-24)13-21-7-11-25(12-8-21)29(16-26-18-30-26)17-27-19-31-27/h5-12,22-23,26-27H,1-4,13-19H2. The maximum absolute atomic E-state index is 5.45. The summed E-state index contributed by atoms with van der Waals surface area (Å²) in [4.78, 5) is 5.07.